The van der Waals surface area contributed by atoms with Gasteiger partial charge in [0.05, 0.1) is 22.3 Å². The van der Waals surface area contributed by atoms with E-state index < -0.39 is 29.7 Å². The molecule has 11 heteroatoms. The minimum absolute atomic E-state index is 0.0722. The number of benzene rings is 3. The van der Waals surface area contributed by atoms with Crippen molar-refractivity contribution in [3.63, 3.8) is 0 Å². The summed E-state index contributed by atoms with van der Waals surface area (Å²) >= 11 is 0.941. The Hall–Kier alpha value is -3.86. The van der Waals surface area contributed by atoms with Crippen molar-refractivity contribution < 1.29 is 27.1 Å². The first-order chi connectivity index (χ1) is 16.3. The molecule has 0 fully saturated rings. The normalized spacial score (nSPS) is 11.1. The molecular weight excluding hydrogens is 474 g/mol. The Morgan fingerprint density at radius 1 is 1.03 bits per heavy atom. The van der Waals surface area contributed by atoms with Crippen LogP contribution in [0.15, 0.2) is 76.7 Å². The van der Waals surface area contributed by atoms with Crippen molar-refractivity contribution in [2.45, 2.75) is 11.8 Å². The lowest BCUT2D eigenvalue weighted by atomic mass is 10.2. The highest BCUT2D eigenvalue weighted by Gasteiger charge is 2.16. The molecule has 1 N–H and O–H groups in total. The van der Waals surface area contributed by atoms with Gasteiger partial charge >= 0.3 is 6.61 Å². The molecule has 4 rings (SSSR count). The second kappa shape index (κ2) is 9.96. The van der Waals surface area contributed by atoms with Crippen molar-refractivity contribution in [1.82, 2.24) is 9.55 Å². The Labute approximate surface area is 194 Å². The van der Waals surface area contributed by atoms with Gasteiger partial charge in [0.2, 0.25) is 5.91 Å². The minimum Gasteiger partial charge on any atom is -0.435 e. The molecule has 1 amide bonds. The number of para-hydroxylation sites is 1. The van der Waals surface area contributed by atoms with E-state index in [1.165, 1.54) is 34.9 Å². The van der Waals surface area contributed by atoms with E-state index in [-0.39, 0.29) is 22.3 Å². The summed E-state index contributed by atoms with van der Waals surface area (Å²) in [5.41, 5.74) is 0.387. The predicted octanol–water partition coefficient (Wildman–Crippen LogP) is 5.00. The SMILES string of the molecule is O=C(CSc1nc2ccccc2c(=O)n1-c1ccc(OC(F)F)cc1)Nc1ccc(F)c(F)c1. The van der Waals surface area contributed by atoms with Crippen LogP contribution in [0, 0.1) is 11.6 Å². The van der Waals surface area contributed by atoms with Gasteiger partial charge in [0.1, 0.15) is 5.75 Å². The molecule has 0 atom stereocenters. The highest BCUT2D eigenvalue weighted by molar-refractivity contribution is 7.99. The van der Waals surface area contributed by atoms with Gasteiger partial charge in [-0.3, -0.25) is 14.2 Å². The van der Waals surface area contributed by atoms with Gasteiger partial charge in [-0.15, -0.1) is 0 Å². The summed E-state index contributed by atoms with van der Waals surface area (Å²) in [5, 5.41) is 2.95. The van der Waals surface area contributed by atoms with E-state index in [2.05, 4.69) is 15.0 Å². The second-order valence-corrected chi connectivity index (χ2v) is 7.83. The zero-order valence-corrected chi connectivity index (χ0v) is 18.0. The Kier molecular flexibility index (Phi) is 6.82. The van der Waals surface area contributed by atoms with Gasteiger partial charge in [-0.25, -0.2) is 13.8 Å². The zero-order valence-electron chi connectivity index (χ0n) is 17.2. The number of aromatic nitrogens is 2. The lowest BCUT2D eigenvalue weighted by Gasteiger charge is -2.14. The number of carbonyl (C=O) groups is 1. The molecule has 0 saturated heterocycles. The highest BCUT2D eigenvalue weighted by Crippen LogP contribution is 2.24. The van der Waals surface area contributed by atoms with Crippen LogP contribution < -0.4 is 15.6 Å². The van der Waals surface area contributed by atoms with E-state index in [1.807, 2.05) is 0 Å². The molecule has 0 saturated carbocycles. The number of halogens is 4. The Morgan fingerprint density at radius 3 is 2.47 bits per heavy atom. The molecule has 0 aliphatic carbocycles. The monoisotopic (exact) mass is 489 g/mol. The number of fused-ring (bicyclic) bond motifs is 1. The summed E-state index contributed by atoms with van der Waals surface area (Å²) in [6.07, 6.45) is 0. The molecule has 0 aliphatic heterocycles. The molecule has 1 aromatic heterocycles. The Balaban J connectivity index is 1.64. The Bertz CT molecular complexity index is 1410. The first-order valence-electron chi connectivity index (χ1n) is 9.76. The van der Waals surface area contributed by atoms with Gasteiger partial charge in [0.15, 0.2) is 16.8 Å². The smallest absolute Gasteiger partial charge is 0.387 e. The molecule has 0 unspecified atom stereocenters. The molecular formula is C23H15F4N3O3S. The molecule has 174 valence electrons. The summed E-state index contributed by atoms with van der Waals surface area (Å²) in [6, 6.07) is 15.0. The first kappa shape index (κ1) is 23.3. The number of alkyl halides is 2. The van der Waals surface area contributed by atoms with Crippen LogP contribution in [0.3, 0.4) is 0 Å². The molecule has 4 aromatic rings. The van der Waals surface area contributed by atoms with Crippen LogP contribution in [-0.2, 0) is 4.79 Å². The fourth-order valence-corrected chi connectivity index (χ4v) is 3.93. The number of rotatable bonds is 7. The van der Waals surface area contributed by atoms with Gasteiger partial charge in [-0.1, -0.05) is 23.9 Å². The first-order valence-corrected chi connectivity index (χ1v) is 10.7. The van der Waals surface area contributed by atoms with Crippen LogP contribution in [0.25, 0.3) is 16.6 Å². The molecule has 0 spiro atoms. The number of ether oxygens (including phenoxy) is 1. The lowest BCUT2D eigenvalue weighted by Crippen LogP contribution is -2.23. The van der Waals surface area contributed by atoms with Crippen LogP contribution in [0.2, 0.25) is 0 Å². The third-order valence-corrected chi connectivity index (χ3v) is 5.54. The third-order valence-electron chi connectivity index (χ3n) is 4.60. The molecule has 0 bridgehead atoms. The molecule has 6 nitrogen and oxygen atoms in total. The predicted molar refractivity (Wildman–Crippen MR) is 120 cm³/mol. The van der Waals surface area contributed by atoms with Crippen molar-refractivity contribution in [3.05, 3.63) is 88.7 Å². The maximum Gasteiger partial charge on any atom is 0.387 e. The number of hydrogen-bond acceptors (Lipinski definition) is 5. The highest BCUT2D eigenvalue weighted by atomic mass is 32.2. The van der Waals surface area contributed by atoms with E-state index in [0.29, 0.717) is 16.6 Å². The Morgan fingerprint density at radius 2 is 1.76 bits per heavy atom. The minimum atomic E-state index is -2.99. The molecule has 3 aromatic carbocycles. The summed E-state index contributed by atoms with van der Waals surface area (Å²) < 4.78 is 57.0. The number of anilines is 1. The summed E-state index contributed by atoms with van der Waals surface area (Å²) in [5.74, 6) is -2.96. The number of hydrogen-bond donors (Lipinski definition) is 1. The second-order valence-electron chi connectivity index (χ2n) is 6.89. The summed E-state index contributed by atoms with van der Waals surface area (Å²) in [6.45, 7) is -2.99. The average Bonchev–Trinajstić information content (AvgIpc) is 2.81. The topological polar surface area (TPSA) is 73.2 Å². The average molecular weight is 489 g/mol. The van der Waals surface area contributed by atoms with Crippen LogP contribution in [0.4, 0.5) is 23.2 Å². The fraction of sp³-hybridized carbons (Fsp3) is 0.0870. The maximum atomic E-state index is 13.4. The van der Waals surface area contributed by atoms with Crippen LogP contribution in [0.5, 0.6) is 5.75 Å². The third kappa shape index (κ3) is 5.20. The van der Waals surface area contributed by atoms with Crippen LogP contribution >= 0.6 is 11.8 Å². The summed E-state index contributed by atoms with van der Waals surface area (Å²) in [4.78, 5) is 30.0. The largest absolute Gasteiger partial charge is 0.435 e. The van der Waals surface area contributed by atoms with Gasteiger partial charge < -0.3 is 10.1 Å². The standard InChI is InChI=1S/C23H15F4N3O3S/c24-17-10-5-13(11-18(17)25)28-20(31)12-34-23-29-19-4-2-1-3-16(19)21(32)30(23)14-6-8-15(9-7-14)33-22(26)27/h1-11,22H,12H2,(H,28,31). The van der Waals surface area contributed by atoms with Gasteiger partial charge in [-0.2, -0.15) is 8.78 Å². The van der Waals surface area contributed by atoms with Gasteiger partial charge in [0, 0.05) is 11.8 Å². The molecule has 1 heterocycles. The number of carbonyl (C=O) groups excluding carboxylic acids is 1. The van der Waals surface area contributed by atoms with E-state index in [4.69, 9.17) is 0 Å². The van der Waals surface area contributed by atoms with Crippen molar-refractivity contribution in [1.29, 1.82) is 0 Å². The number of amides is 1. The lowest BCUT2D eigenvalue weighted by molar-refractivity contribution is -0.113. The van der Waals surface area contributed by atoms with Crippen LogP contribution in [0.1, 0.15) is 0 Å². The zero-order chi connectivity index (χ0) is 24.2. The fourth-order valence-electron chi connectivity index (χ4n) is 3.11. The summed E-state index contributed by atoms with van der Waals surface area (Å²) in [7, 11) is 0. The molecule has 0 radical (unpaired) electrons. The van der Waals surface area contributed by atoms with E-state index in [0.717, 1.165) is 23.9 Å². The van der Waals surface area contributed by atoms with Crippen LogP contribution in [-0.4, -0.2) is 27.8 Å². The molecule has 34 heavy (non-hydrogen) atoms. The molecule has 0 aliphatic rings. The van der Waals surface area contributed by atoms with Gasteiger partial charge in [-0.05, 0) is 48.5 Å². The van der Waals surface area contributed by atoms with Crippen molar-refractivity contribution >= 4 is 34.3 Å². The number of nitrogens with one attached hydrogen (secondary N) is 1. The van der Waals surface area contributed by atoms with Crippen molar-refractivity contribution in [2.75, 3.05) is 11.1 Å². The number of thioether (sulfide) groups is 1. The van der Waals surface area contributed by atoms with Gasteiger partial charge in [0.25, 0.3) is 5.56 Å². The maximum absolute atomic E-state index is 13.4. The van der Waals surface area contributed by atoms with Crippen molar-refractivity contribution in [2.24, 2.45) is 0 Å². The van der Waals surface area contributed by atoms with E-state index in [9.17, 15) is 27.2 Å². The quantitative estimate of drug-likeness (QED) is 0.225. The van der Waals surface area contributed by atoms with E-state index >= 15 is 0 Å². The van der Waals surface area contributed by atoms with E-state index in [1.54, 1.807) is 24.3 Å². The number of nitrogens with zero attached hydrogens (tertiary/aromatic N) is 2. The van der Waals surface area contributed by atoms with Crippen molar-refractivity contribution in [3.8, 4) is 11.4 Å².